The van der Waals surface area contributed by atoms with E-state index < -0.39 is 12.8 Å². The predicted molar refractivity (Wildman–Crippen MR) is 121 cm³/mol. The number of halogens is 2. The van der Waals surface area contributed by atoms with Gasteiger partial charge in [-0.15, -0.1) is 22.0 Å². The Morgan fingerprint density at radius 2 is 2.20 bits per heavy atom. The third kappa shape index (κ3) is 4.76. The molecule has 1 atom stereocenters. The molecule has 35 heavy (non-hydrogen) atoms. The van der Waals surface area contributed by atoms with Crippen LogP contribution in [-0.4, -0.2) is 63.0 Å². The van der Waals surface area contributed by atoms with Gasteiger partial charge in [-0.1, -0.05) is 5.21 Å². The van der Waals surface area contributed by atoms with Gasteiger partial charge in [-0.2, -0.15) is 24.2 Å². The van der Waals surface area contributed by atoms with Crippen molar-refractivity contribution < 1.29 is 18.6 Å². The van der Waals surface area contributed by atoms with Gasteiger partial charge in [-0.05, 0) is 30.5 Å². The van der Waals surface area contributed by atoms with Crippen molar-refractivity contribution in [3.05, 3.63) is 60.4 Å². The molecule has 1 aromatic carbocycles. The Morgan fingerprint density at radius 1 is 1.31 bits per heavy atom. The third-order valence-electron chi connectivity index (χ3n) is 5.01. The maximum Gasteiger partial charge on any atom is 0.387 e. The SMILES string of the molecule is CSc1ccc(OC(F)F)c(-c2nn(Cc3nn[nH]n3)cc2NC(O)c2cnn3cccnc23)c1. The molecule has 0 aliphatic carbocycles. The van der Waals surface area contributed by atoms with Crippen LogP contribution in [0.2, 0.25) is 0 Å². The first kappa shape index (κ1) is 22.7. The minimum absolute atomic E-state index is 0.0576. The number of hydrogen-bond acceptors (Lipinski definition) is 10. The van der Waals surface area contributed by atoms with Crippen LogP contribution in [-0.2, 0) is 6.54 Å². The molecule has 3 N–H and O–H groups in total. The molecule has 0 amide bonds. The fourth-order valence-electron chi connectivity index (χ4n) is 3.48. The molecule has 12 nitrogen and oxygen atoms in total. The number of H-pyrrole nitrogens is 1. The van der Waals surface area contributed by atoms with Gasteiger partial charge < -0.3 is 15.2 Å². The van der Waals surface area contributed by atoms with Crippen molar-refractivity contribution in [3.63, 3.8) is 0 Å². The van der Waals surface area contributed by atoms with Crippen molar-refractivity contribution >= 4 is 23.1 Å². The normalized spacial score (nSPS) is 12.4. The zero-order valence-corrected chi connectivity index (χ0v) is 18.9. The highest BCUT2D eigenvalue weighted by Crippen LogP contribution is 2.38. The van der Waals surface area contributed by atoms with Crippen LogP contribution in [0.25, 0.3) is 16.9 Å². The minimum atomic E-state index is -3.03. The second-order valence-electron chi connectivity index (χ2n) is 7.19. The molecule has 4 aromatic heterocycles. The molecule has 1 unspecified atom stereocenters. The van der Waals surface area contributed by atoms with E-state index in [1.54, 1.807) is 36.8 Å². The summed E-state index contributed by atoms with van der Waals surface area (Å²) in [7, 11) is 0. The molecule has 0 saturated carbocycles. The fourth-order valence-corrected chi connectivity index (χ4v) is 3.92. The standard InChI is InChI=1S/C20H18F2N10O2S/c1-35-11-3-4-15(34-20(21)22)12(7-11)17-14(9-31(28-17)10-16-26-29-30-27-16)25-19(33)13-8-24-32-6-2-5-23-18(13)32/h2-9,19-20,25,33H,10H2,1H3,(H,26,27,29,30). The van der Waals surface area contributed by atoms with E-state index in [9.17, 15) is 13.9 Å². The van der Waals surface area contributed by atoms with Crippen molar-refractivity contribution in [1.29, 1.82) is 0 Å². The first-order chi connectivity index (χ1) is 17.0. The molecule has 0 radical (unpaired) electrons. The van der Waals surface area contributed by atoms with Gasteiger partial charge in [0.05, 0.1) is 17.4 Å². The van der Waals surface area contributed by atoms with Crippen molar-refractivity contribution in [2.45, 2.75) is 24.3 Å². The first-order valence-corrected chi connectivity index (χ1v) is 11.4. The number of hydrogen-bond donors (Lipinski definition) is 3. The second-order valence-corrected chi connectivity index (χ2v) is 8.07. The maximum absolute atomic E-state index is 13.1. The Morgan fingerprint density at radius 3 is 2.97 bits per heavy atom. The van der Waals surface area contributed by atoms with Gasteiger partial charge in [0.2, 0.25) is 0 Å². The van der Waals surface area contributed by atoms with Gasteiger partial charge in [0.1, 0.15) is 18.0 Å². The molecule has 180 valence electrons. The number of nitrogens with zero attached hydrogens (tertiary/aromatic N) is 8. The Bertz CT molecular complexity index is 1440. The second kappa shape index (κ2) is 9.63. The van der Waals surface area contributed by atoms with Crippen LogP contribution in [0.4, 0.5) is 14.5 Å². The molecule has 4 heterocycles. The van der Waals surface area contributed by atoms with Crippen molar-refractivity contribution in [1.82, 2.24) is 45.0 Å². The lowest BCUT2D eigenvalue weighted by atomic mass is 10.1. The summed E-state index contributed by atoms with van der Waals surface area (Å²) in [5.41, 5.74) is 1.83. The van der Waals surface area contributed by atoms with E-state index in [4.69, 9.17) is 4.74 Å². The summed E-state index contributed by atoms with van der Waals surface area (Å²) in [4.78, 5) is 5.07. The molecule has 15 heteroatoms. The Hall–Kier alpha value is -4.11. The number of thioether (sulfide) groups is 1. The van der Waals surface area contributed by atoms with Crippen LogP contribution in [0.1, 0.15) is 17.6 Å². The smallest absolute Gasteiger partial charge is 0.387 e. The average Bonchev–Trinajstić information content (AvgIpc) is 3.59. The quantitative estimate of drug-likeness (QED) is 0.204. The summed E-state index contributed by atoms with van der Waals surface area (Å²) < 4.78 is 34.1. The van der Waals surface area contributed by atoms with E-state index in [2.05, 4.69) is 41.1 Å². The molecule has 0 bridgehead atoms. The first-order valence-electron chi connectivity index (χ1n) is 10.2. The number of rotatable bonds is 9. The van der Waals surface area contributed by atoms with Gasteiger partial charge in [-0.25, -0.2) is 9.50 Å². The molecule has 5 rings (SSSR count). The van der Waals surface area contributed by atoms with E-state index in [0.29, 0.717) is 28.3 Å². The number of benzene rings is 1. The van der Waals surface area contributed by atoms with E-state index in [0.717, 1.165) is 4.90 Å². The lowest BCUT2D eigenvalue weighted by molar-refractivity contribution is -0.0494. The number of aliphatic hydroxyl groups is 1. The summed E-state index contributed by atoms with van der Waals surface area (Å²) in [6.07, 6.45) is 7.02. The minimum Gasteiger partial charge on any atom is -0.434 e. The van der Waals surface area contributed by atoms with E-state index in [-0.39, 0.29) is 18.0 Å². The number of anilines is 1. The van der Waals surface area contributed by atoms with Crippen molar-refractivity contribution in [2.24, 2.45) is 0 Å². The molecule has 0 aliphatic rings. The van der Waals surface area contributed by atoms with Crippen LogP contribution in [0.15, 0.2) is 53.9 Å². The third-order valence-corrected chi connectivity index (χ3v) is 5.73. The van der Waals surface area contributed by atoms with Gasteiger partial charge in [0, 0.05) is 29.0 Å². The van der Waals surface area contributed by atoms with E-state index in [1.807, 2.05) is 6.26 Å². The largest absolute Gasteiger partial charge is 0.434 e. The van der Waals surface area contributed by atoms with E-state index >= 15 is 0 Å². The van der Waals surface area contributed by atoms with Crippen molar-refractivity contribution in [3.8, 4) is 17.0 Å². The number of nitrogens with one attached hydrogen (secondary N) is 2. The molecular weight excluding hydrogens is 482 g/mol. The molecule has 5 aromatic rings. The molecule has 0 aliphatic heterocycles. The zero-order valence-electron chi connectivity index (χ0n) is 18.1. The number of alkyl halides is 2. The highest BCUT2D eigenvalue weighted by atomic mass is 32.2. The molecule has 0 fully saturated rings. The maximum atomic E-state index is 13.1. The lowest BCUT2D eigenvalue weighted by Crippen LogP contribution is -2.10. The van der Waals surface area contributed by atoms with E-state index in [1.165, 1.54) is 33.2 Å². The summed E-state index contributed by atoms with van der Waals surface area (Å²) in [5, 5.41) is 36.4. The summed E-state index contributed by atoms with van der Waals surface area (Å²) >= 11 is 1.44. The number of tetrazole rings is 1. The van der Waals surface area contributed by atoms with Gasteiger partial charge in [-0.3, -0.25) is 4.68 Å². The Labute approximate surface area is 200 Å². The number of fused-ring (bicyclic) bond motifs is 1. The van der Waals surface area contributed by atoms with Gasteiger partial charge in [0.25, 0.3) is 0 Å². The van der Waals surface area contributed by atoms with Crippen LogP contribution in [0, 0.1) is 0 Å². The van der Waals surface area contributed by atoms with Gasteiger partial charge in [0.15, 0.2) is 17.7 Å². The molecule has 0 saturated heterocycles. The monoisotopic (exact) mass is 500 g/mol. The summed E-state index contributed by atoms with van der Waals surface area (Å²) in [5.74, 6) is 0.303. The van der Waals surface area contributed by atoms with Gasteiger partial charge >= 0.3 is 6.61 Å². The number of aliphatic hydroxyl groups excluding tert-OH is 1. The topological polar surface area (TPSA) is 144 Å². The number of aromatic amines is 1. The van der Waals surface area contributed by atoms with Crippen LogP contribution in [0.5, 0.6) is 5.75 Å². The summed E-state index contributed by atoms with van der Waals surface area (Å²) in [6, 6.07) is 6.54. The summed E-state index contributed by atoms with van der Waals surface area (Å²) in [6.45, 7) is -2.88. The highest BCUT2D eigenvalue weighted by molar-refractivity contribution is 7.98. The highest BCUT2D eigenvalue weighted by Gasteiger charge is 2.22. The number of ether oxygens (including phenoxy) is 1. The molecule has 0 spiro atoms. The Balaban J connectivity index is 1.57. The Kier molecular flexibility index (Phi) is 6.24. The molecular formula is C20H18F2N10O2S. The fraction of sp³-hybridized carbons (Fsp3) is 0.200. The van der Waals surface area contributed by atoms with Crippen LogP contribution >= 0.6 is 11.8 Å². The van der Waals surface area contributed by atoms with Crippen LogP contribution in [0.3, 0.4) is 0 Å². The predicted octanol–water partition coefficient (Wildman–Crippen LogP) is 2.58. The van der Waals surface area contributed by atoms with Crippen molar-refractivity contribution in [2.75, 3.05) is 11.6 Å². The number of aromatic nitrogens is 9. The average molecular weight is 500 g/mol. The van der Waals surface area contributed by atoms with Crippen LogP contribution < -0.4 is 10.1 Å². The lowest BCUT2D eigenvalue weighted by Gasteiger charge is -2.15. The zero-order chi connectivity index (χ0) is 24.4.